The van der Waals surface area contributed by atoms with Crippen LogP contribution in [0.25, 0.3) is 10.9 Å². The number of benzene rings is 1. The summed E-state index contributed by atoms with van der Waals surface area (Å²) in [5.41, 5.74) is -0.307. The van der Waals surface area contributed by atoms with E-state index < -0.39 is 32.3 Å². The molecule has 0 radical (unpaired) electrons. The lowest BCUT2D eigenvalue weighted by Gasteiger charge is -2.26. The number of aromatic nitrogens is 3. The third-order valence-electron chi connectivity index (χ3n) is 5.63. The van der Waals surface area contributed by atoms with Gasteiger partial charge in [-0.25, -0.2) is 17.8 Å². The third kappa shape index (κ3) is 4.26. The molecule has 1 N–H and O–H groups in total. The monoisotopic (exact) mass is 536 g/mol. The van der Waals surface area contributed by atoms with Gasteiger partial charge in [0.25, 0.3) is 10.0 Å². The maximum atomic E-state index is 15.0. The van der Waals surface area contributed by atoms with E-state index in [9.17, 15) is 22.4 Å². The average molecular weight is 537 g/mol. The number of hydrogen-bond acceptors (Lipinski definition) is 6. The molecular weight excluding hydrogens is 518 g/mol. The predicted molar refractivity (Wildman–Crippen MR) is 132 cm³/mol. The van der Waals surface area contributed by atoms with E-state index in [-0.39, 0.29) is 45.2 Å². The zero-order valence-electron chi connectivity index (χ0n) is 18.5. The van der Waals surface area contributed by atoms with E-state index in [2.05, 4.69) is 15.4 Å². The quantitative estimate of drug-likeness (QED) is 0.369. The largest absolute Gasteiger partial charge is 0.322 e. The molecule has 12 heteroatoms. The number of carbonyl (C=O) groups is 2. The van der Waals surface area contributed by atoms with Crippen LogP contribution < -0.4 is 5.32 Å². The number of halogens is 3. The van der Waals surface area contributed by atoms with Gasteiger partial charge in [0.2, 0.25) is 11.7 Å². The molecule has 0 aliphatic heterocycles. The Morgan fingerprint density at radius 3 is 2.69 bits per heavy atom. The Hall–Kier alpha value is -3.08. The Kier molecular flexibility index (Phi) is 6.56. The van der Waals surface area contributed by atoms with Crippen molar-refractivity contribution in [2.75, 3.05) is 11.2 Å². The van der Waals surface area contributed by atoms with Crippen LogP contribution in [-0.4, -0.2) is 44.9 Å². The Labute approximate surface area is 210 Å². The molecular formula is C23H19Cl2FN4O4S. The zero-order valence-corrected chi connectivity index (χ0v) is 20.9. The molecule has 1 aliphatic rings. The number of nitrogens with one attached hydrogen (secondary N) is 1. The Bertz CT molecular complexity index is 1550. The maximum absolute atomic E-state index is 15.0. The van der Waals surface area contributed by atoms with Crippen molar-refractivity contribution in [1.82, 2.24) is 14.2 Å². The number of fused-ring (bicyclic) bond motifs is 1. The van der Waals surface area contributed by atoms with Crippen LogP contribution in [0.3, 0.4) is 0 Å². The van der Waals surface area contributed by atoms with E-state index in [0.717, 1.165) is 12.3 Å². The van der Waals surface area contributed by atoms with Gasteiger partial charge in [-0.3, -0.25) is 9.59 Å². The highest BCUT2D eigenvalue weighted by Gasteiger charge is 2.40. The van der Waals surface area contributed by atoms with Gasteiger partial charge >= 0.3 is 0 Å². The molecule has 1 atom stereocenters. The van der Waals surface area contributed by atoms with Gasteiger partial charge in [0.15, 0.2) is 0 Å². The third-order valence-corrected chi connectivity index (χ3v) is 8.39. The number of rotatable bonds is 6. The van der Waals surface area contributed by atoms with Crippen molar-refractivity contribution in [3.8, 4) is 0 Å². The summed E-state index contributed by atoms with van der Waals surface area (Å²) < 4.78 is 41.2. The van der Waals surface area contributed by atoms with Gasteiger partial charge in [-0.2, -0.15) is 9.19 Å². The van der Waals surface area contributed by atoms with Crippen LogP contribution in [0.15, 0.2) is 48.7 Å². The second kappa shape index (κ2) is 9.18. The fourth-order valence-electron chi connectivity index (χ4n) is 3.77. The average Bonchev–Trinajstić information content (AvgIpc) is 3.27. The number of alkyl halides is 1. The number of pyridine rings is 1. The smallest absolute Gasteiger partial charge is 0.263 e. The van der Waals surface area contributed by atoms with Crippen molar-refractivity contribution < 1.29 is 22.4 Å². The molecule has 0 spiro atoms. The van der Waals surface area contributed by atoms with Crippen LogP contribution >= 0.6 is 23.2 Å². The van der Waals surface area contributed by atoms with Crippen molar-refractivity contribution in [3.05, 3.63) is 76.5 Å². The van der Waals surface area contributed by atoms with Crippen molar-refractivity contribution in [2.24, 2.45) is 0 Å². The van der Waals surface area contributed by atoms with Crippen LogP contribution in [0.1, 0.15) is 35.1 Å². The highest BCUT2D eigenvalue weighted by Crippen LogP contribution is 2.34. The van der Waals surface area contributed by atoms with Crippen LogP contribution in [-0.2, 0) is 14.8 Å². The summed E-state index contributed by atoms with van der Waals surface area (Å²) in [6, 6.07) is 3.64. The van der Waals surface area contributed by atoms with Crippen molar-refractivity contribution in [1.29, 1.82) is 0 Å². The highest BCUT2D eigenvalue weighted by atomic mass is 35.5. The number of aryl methyl sites for hydroxylation is 1. The zero-order chi connectivity index (χ0) is 25.5. The second-order valence-corrected chi connectivity index (χ2v) is 11.0. The topological polar surface area (TPSA) is 111 Å². The first-order valence-electron chi connectivity index (χ1n) is 10.3. The Balaban J connectivity index is 1.90. The van der Waals surface area contributed by atoms with Crippen molar-refractivity contribution in [2.45, 2.75) is 25.0 Å². The number of amides is 1. The lowest BCUT2D eigenvalue weighted by atomic mass is 10.0. The molecule has 8 nitrogen and oxygen atoms in total. The first-order valence-corrected chi connectivity index (χ1v) is 12.7. The van der Waals surface area contributed by atoms with Crippen molar-refractivity contribution >= 4 is 61.5 Å². The van der Waals surface area contributed by atoms with Crippen LogP contribution in [0.2, 0.25) is 5.02 Å². The number of allylic oxidation sites excluding steroid dienone is 3. The molecule has 1 unspecified atom stereocenters. The summed E-state index contributed by atoms with van der Waals surface area (Å²) in [6.45, 7) is 3.11. The summed E-state index contributed by atoms with van der Waals surface area (Å²) in [5, 5.41) is 6.42. The van der Waals surface area contributed by atoms with Gasteiger partial charge in [0.1, 0.15) is 27.7 Å². The van der Waals surface area contributed by atoms with E-state index >= 15 is 0 Å². The van der Waals surface area contributed by atoms with Gasteiger partial charge in [0, 0.05) is 16.6 Å². The lowest BCUT2D eigenvalue weighted by Crippen LogP contribution is -2.38. The van der Waals surface area contributed by atoms with Crippen LogP contribution in [0.4, 0.5) is 10.1 Å². The maximum Gasteiger partial charge on any atom is 0.263 e. The Morgan fingerprint density at radius 2 is 2.03 bits per heavy atom. The highest BCUT2D eigenvalue weighted by molar-refractivity contribution is 7.91. The van der Waals surface area contributed by atoms with Crippen LogP contribution in [0.5, 0.6) is 0 Å². The fourth-order valence-corrected chi connectivity index (χ4v) is 5.68. The summed E-state index contributed by atoms with van der Waals surface area (Å²) in [7, 11) is -4.21. The molecule has 1 aromatic carbocycles. The number of carbonyl (C=O) groups excluding carboxylic acids is 2. The summed E-state index contributed by atoms with van der Waals surface area (Å²) >= 11 is 11.8. The summed E-state index contributed by atoms with van der Waals surface area (Å²) in [4.78, 5) is 29.7. The first-order chi connectivity index (χ1) is 16.5. The normalized spacial score (nSPS) is 17.6. The van der Waals surface area contributed by atoms with Gasteiger partial charge in [0.05, 0.1) is 16.9 Å². The van der Waals surface area contributed by atoms with Crippen molar-refractivity contribution in [3.63, 3.8) is 0 Å². The second-order valence-electron chi connectivity index (χ2n) is 8.13. The van der Waals surface area contributed by atoms with Gasteiger partial charge in [-0.05, 0) is 38.5 Å². The molecule has 2 aromatic heterocycles. The molecule has 1 amide bonds. The number of nitrogens with zero attached hydrogens (tertiary/aromatic N) is 3. The number of hydrogen-bond donors (Lipinski definition) is 1. The minimum Gasteiger partial charge on any atom is -0.322 e. The van der Waals surface area contributed by atoms with E-state index in [4.69, 9.17) is 23.2 Å². The molecule has 0 fully saturated rings. The minimum absolute atomic E-state index is 0.0356. The molecule has 0 bridgehead atoms. The number of anilines is 1. The molecule has 182 valence electrons. The van der Waals surface area contributed by atoms with E-state index in [0.29, 0.717) is 9.78 Å². The summed E-state index contributed by atoms with van der Waals surface area (Å²) in [6.07, 6.45) is 7.80. The molecule has 35 heavy (non-hydrogen) atoms. The molecule has 2 heterocycles. The van der Waals surface area contributed by atoms with E-state index in [1.807, 2.05) is 0 Å². The molecule has 0 saturated heterocycles. The molecule has 0 saturated carbocycles. The van der Waals surface area contributed by atoms with E-state index in [1.54, 1.807) is 25.2 Å². The summed E-state index contributed by atoms with van der Waals surface area (Å²) in [5.74, 6) is -2.58. The SMILES string of the molecule is Cc1cc(Cl)c(NC(=O)CCl)c(C(=O)c2ccc(F)c3c2cnn3S(=O)(=O)C2(C)C=CC=CC2)n1. The minimum atomic E-state index is -4.21. The standard InChI is InChI=1S/C23H19Cl2FN4O4S/c1-13-10-16(25)19(29-18(31)11-24)20(28-13)22(32)14-6-7-17(26)21-15(14)12-27-30(21)35(33,34)23(2)8-4-3-5-9-23/h3-8,10,12H,9,11H2,1-2H3,(H,29,31). The lowest BCUT2D eigenvalue weighted by molar-refractivity contribution is -0.113. The molecule has 4 rings (SSSR count). The Morgan fingerprint density at radius 1 is 1.29 bits per heavy atom. The van der Waals surface area contributed by atoms with Gasteiger partial charge in [-0.15, -0.1) is 11.6 Å². The van der Waals surface area contributed by atoms with Crippen LogP contribution in [0, 0.1) is 12.7 Å². The molecule has 3 aromatic rings. The number of ketones is 1. The fraction of sp³-hybridized carbons (Fsp3) is 0.217. The molecule has 1 aliphatic carbocycles. The van der Waals surface area contributed by atoms with E-state index in [1.165, 1.54) is 25.1 Å². The van der Waals surface area contributed by atoms with Gasteiger partial charge < -0.3 is 5.32 Å². The van der Waals surface area contributed by atoms with Gasteiger partial charge in [-0.1, -0.05) is 35.9 Å². The first kappa shape index (κ1) is 25.0. The predicted octanol–water partition coefficient (Wildman–Crippen LogP) is 4.39.